The number of nitrogens with one attached hydrogen (secondary N) is 1. The van der Waals surface area contributed by atoms with Gasteiger partial charge in [-0.3, -0.25) is 9.00 Å². The van der Waals surface area contributed by atoms with Crippen LogP contribution in [0.15, 0.2) is 29.2 Å². The lowest BCUT2D eigenvalue weighted by molar-refractivity contribution is -0.129. The molecule has 18 heavy (non-hydrogen) atoms. The zero-order valence-electron chi connectivity index (χ0n) is 11.6. The molecule has 0 bridgehead atoms. The van der Waals surface area contributed by atoms with Crippen LogP contribution in [0.4, 0.5) is 0 Å². The summed E-state index contributed by atoms with van der Waals surface area (Å²) in [6.45, 7) is 7.53. The van der Waals surface area contributed by atoms with Gasteiger partial charge in [0.15, 0.2) is 0 Å². The highest BCUT2D eigenvalue weighted by Crippen LogP contribution is 2.22. The number of amides is 1. The summed E-state index contributed by atoms with van der Waals surface area (Å²) in [6.07, 6.45) is 1.65. The predicted octanol–water partition coefficient (Wildman–Crippen LogP) is 2.65. The van der Waals surface area contributed by atoms with Gasteiger partial charge in [0.1, 0.15) is 0 Å². The Bertz CT molecular complexity index is 463. The van der Waals surface area contributed by atoms with Crippen LogP contribution in [-0.4, -0.2) is 16.4 Å². The zero-order chi connectivity index (χ0) is 13.9. The van der Waals surface area contributed by atoms with E-state index < -0.39 is 16.2 Å². The molecule has 0 heterocycles. The molecule has 1 aromatic carbocycles. The standard InChI is InChI=1S/C14H21NO2S/c1-10(15-13(16)14(2,3)4)11-8-6-7-9-12(11)18(5)17/h6-10H,1-5H3,(H,15,16)/t10-,18?/m1/s1. The minimum Gasteiger partial charge on any atom is -0.349 e. The second-order valence-electron chi connectivity index (χ2n) is 5.44. The van der Waals surface area contributed by atoms with Gasteiger partial charge in [0.2, 0.25) is 5.91 Å². The summed E-state index contributed by atoms with van der Waals surface area (Å²) in [4.78, 5) is 12.7. The van der Waals surface area contributed by atoms with Gasteiger partial charge in [0.25, 0.3) is 0 Å². The SMILES string of the molecule is C[C@@H](NC(=O)C(C)(C)C)c1ccccc1S(C)=O. The third-order valence-corrected chi connectivity index (χ3v) is 3.72. The first-order valence-corrected chi connectivity index (χ1v) is 7.52. The Morgan fingerprint density at radius 1 is 1.28 bits per heavy atom. The lowest BCUT2D eigenvalue weighted by atomic mass is 9.94. The molecule has 0 radical (unpaired) electrons. The van der Waals surface area contributed by atoms with E-state index in [2.05, 4.69) is 5.32 Å². The molecule has 0 aliphatic heterocycles. The van der Waals surface area contributed by atoms with Crippen molar-refractivity contribution in [1.82, 2.24) is 5.32 Å². The Labute approximate surface area is 111 Å². The number of hydrogen-bond acceptors (Lipinski definition) is 2. The highest BCUT2D eigenvalue weighted by atomic mass is 32.2. The van der Waals surface area contributed by atoms with E-state index in [1.807, 2.05) is 52.0 Å². The molecule has 1 aromatic rings. The van der Waals surface area contributed by atoms with Gasteiger partial charge in [-0.25, -0.2) is 0 Å². The average molecular weight is 267 g/mol. The fourth-order valence-electron chi connectivity index (χ4n) is 1.59. The van der Waals surface area contributed by atoms with Crippen LogP contribution in [0.5, 0.6) is 0 Å². The van der Waals surface area contributed by atoms with Gasteiger partial charge in [-0.05, 0) is 18.6 Å². The second-order valence-corrected chi connectivity index (χ2v) is 6.79. The van der Waals surface area contributed by atoms with Crippen molar-refractivity contribution in [3.05, 3.63) is 29.8 Å². The fraction of sp³-hybridized carbons (Fsp3) is 0.500. The molecule has 4 heteroatoms. The smallest absolute Gasteiger partial charge is 0.225 e. The number of hydrogen-bond donors (Lipinski definition) is 1. The van der Waals surface area contributed by atoms with E-state index in [0.29, 0.717) is 0 Å². The van der Waals surface area contributed by atoms with Crippen molar-refractivity contribution in [2.24, 2.45) is 5.41 Å². The molecule has 0 fully saturated rings. The van der Waals surface area contributed by atoms with E-state index in [9.17, 15) is 9.00 Å². The molecule has 0 saturated carbocycles. The van der Waals surface area contributed by atoms with Gasteiger partial charge in [0.05, 0.1) is 16.8 Å². The maximum atomic E-state index is 11.9. The van der Waals surface area contributed by atoms with Crippen LogP contribution in [0, 0.1) is 5.41 Å². The average Bonchev–Trinajstić information content (AvgIpc) is 2.27. The predicted molar refractivity (Wildman–Crippen MR) is 74.8 cm³/mol. The highest BCUT2D eigenvalue weighted by Gasteiger charge is 2.24. The molecule has 2 atom stereocenters. The van der Waals surface area contributed by atoms with Crippen molar-refractivity contribution in [1.29, 1.82) is 0 Å². The summed E-state index contributed by atoms with van der Waals surface area (Å²) in [6, 6.07) is 7.36. The molecule has 1 rings (SSSR count). The summed E-state index contributed by atoms with van der Waals surface area (Å²) in [5.74, 6) is -0.00770. The van der Waals surface area contributed by atoms with E-state index in [0.717, 1.165) is 10.5 Å². The molecule has 0 saturated heterocycles. The largest absolute Gasteiger partial charge is 0.349 e. The maximum absolute atomic E-state index is 11.9. The van der Waals surface area contributed by atoms with Crippen LogP contribution in [0.25, 0.3) is 0 Å². The third kappa shape index (κ3) is 3.67. The quantitative estimate of drug-likeness (QED) is 0.915. The molecular formula is C14H21NO2S. The van der Waals surface area contributed by atoms with Crippen LogP contribution in [0.1, 0.15) is 39.3 Å². The van der Waals surface area contributed by atoms with Gasteiger partial charge in [0, 0.05) is 16.6 Å². The van der Waals surface area contributed by atoms with Crippen molar-refractivity contribution in [2.75, 3.05) is 6.26 Å². The number of benzene rings is 1. The van der Waals surface area contributed by atoms with Crippen molar-refractivity contribution < 1.29 is 9.00 Å². The summed E-state index contributed by atoms with van der Waals surface area (Å²) in [5.41, 5.74) is 0.491. The first-order valence-electron chi connectivity index (χ1n) is 5.97. The molecule has 0 aliphatic rings. The minimum atomic E-state index is -1.05. The molecule has 1 N–H and O–H groups in total. The molecule has 0 aromatic heterocycles. The third-order valence-electron chi connectivity index (χ3n) is 2.72. The Kier molecular flexibility index (Phi) is 4.68. The van der Waals surface area contributed by atoms with E-state index in [1.54, 1.807) is 6.26 Å². The summed E-state index contributed by atoms with van der Waals surface area (Å²) in [5, 5.41) is 2.96. The normalized spacial score (nSPS) is 14.9. The van der Waals surface area contributed by atoms with Crippen molar-refractivity contribution >= 4 is 16.7 Å². The van der Waals surface area contributed by atoms with E-state index >= 15 is 0 Å². The van der Waals surface area contributed by atoms with Gasteiger partial charge >= 0.3 is 0 Å². The van der Waals surface area contributed by atoms with E-state index in [1.165, 1.54) is 0 Å². The van der Waals surface area contributed by atoms with E-state index in [4.69, 9.17) is 0 Å². The van der Waals surface area contributed by atoms with Crippen molar-refractivity contribution in [3.8, 4) is 0 Å². The lowest BCUT2D eigenvalue weighted by Crippen LogP contribution is -2.36. The summed E-state index contributed by atoms with van der Waals surface area (Å²) in [7, 11) is -1.05. The van der Waals surface area contributed by atoms with Crippen LogP contribution in [0.2, 0.25) is 0 Å². The second kappa shape index (κ2) is 5.65. The molecule has 100 valence electrons. The van der Waals surface area contributed by atoms with Crippen LogP contribution in [0.3, 0.4) is 0 Å². The Hall–Kier alpha value is -1.16. The number of rotatable bonds is 3. The summed E-state index contributed by atoms with van der Waals surface area (Å²) >= 11 is 0. The minimum absolute atomic E-state index is 0.00770. The number of carbonyl (C=O) groups is 1. The molecular weight excluding hydrogens is 246 g/mol. The van der Waals surface area contributed by atoms with Crippen LogP contribution >= 0.6 is 0 Å². The fourth-order valence-corrected chi connectivity index (χ4v) is 2.44. The first kappa shape index (κ1) is 14.9. The van der Waals surface area contributed by atoms with Crippen molar-refractivity contribution in [2.45, 2.75) is 38.6 Å². The Morgan fingerprint density at radius 2 is 1.83 bits per heavy atom. The Balaban J connectivity index is 2.95. The van der Waals surface area contributed by atoms with Gasteiger partial charge in [-0.2, -0.15) is 0 Å². The van der Waals surface area contributed by atoms with Gasteiger partial charge in [-0.1, -0.05) is 39.0 Å². The molecule has 3 nitrogen and oxygen atoms in total. The molecule has 0 aliphatic carbocycles. The van der Waals surface area contributed by atoms with Crippen molar-refractivity contribution in [3.63, 3.8) is 0 Å². The zero-order valence-corrected chi connectivity index (χ0v) is 12.4. The lowest BCUT2D eigenvalue weighted by Gasteiger charge is -2.23. The van der Waals surface area contributed by atoms with Crippen LogP contribution in [-0.2, 0) is 15.6 Å². The summed E-state index contributed by atoms with van der Waals surface area (Å²) < 4.78 is 11.7. The van der Waals surface area contributed by atoms with Gasteiger partial charge in [-0.15, -0.1) is 0 Å². The van der Waals surface area contributed by atoms with Gasteiger partial charge < -0.3 is 5.32 Å². The van der Waals surface area contributed by atoms with E-state index in [-0.39, 0.29) is 11.9 Å². The molecule has 1 unspecified atom stereocenters. The monoisotopic (exact) mass is 267 g/mol. The highest BCUT2D eigenvalue weighted by molar-refractivity contribution is 7.84. The first-order chi connectivity index (χ1) is 8.23. The number of carbonyl (C=O) groups excluding carboxylic acids is 1. The molecule has 1 amide bonds. The maximum Gasteiger partial charge on any atom is 0.225 e. The van der Waals surface area contributed by atoms with Crippen LogP contribution < -0.4 is 5.32 Å². The molecule has 0 spiro atoms. The Morgan fingerprint density at radius 3 is 2.33 bits per heavy atom. The topological polar surface area (TPSA) is 46.2 Å².